The zero-order valence-electron chi connectivity index (χ0n) is 16.6. The van der Waals surface area contributed by atoms with Gasteiger partial charge in [0.15, 0.2) is 6.54 Å². The predicted octanol–water partition coefficient (Wildman–Crippen LogP) is 4.59. The summed E-state index contributed by atoms with van der Waals surface area (Å²) in [6.07, 6.45) is -2.87. The molecule has 1 fully saturated rings. The van der Waals surface area contributed by atoms with E-state index in [0.29, 0.717) is 4.90 Å². The minimum atomic E-state index is -5.45. The molecule has 1 unspecified atom stereocenters. The Labute approximate surface area is 186 Å². The second-order valence-corrected chi connectivity index (χ2v) is 8.00. The van der Waals surface area contributed by atoms with Crippen LogP contribution in [0.25, 0.3) is 0 Å². The molecular weight excluding hydrogens is 480 g/mol. The summed E-state index contributed by atoms with van der Waals surface area (Å²) >= 11 is -0.426. The van der Waals surface area contributed by atoms with Crippen LogP contribution in [0.15, 0.2) is 53.7 Å². The van der Waals surface area contributed by atoms with E-state index in [1.807, 2.05) is 0 Å². The monoisotopic (exact) mass is 494 g/mol. The second kappa shape index (κ2) is 8.67. The number of anilines is 1. The molecule has 2 aromatic rings. The van der Waals surface area contributed by atoms with Crippen LogP contribution in [0, 0.1) is 0 Å². The molecule has 1 aromatic heterocycles. The Bertz CT molecular complexity index is 1060. The van der Waals surface area contributed by atoms with Crippen LogP contribution < -0.4 is 4.90 Å². The lowest BCUT2D eigenvalue weighted by atomic mass is 10.2. The van der Waals surface area contributed by atoms with Gasteiger partial charge in [0.05, 0.1) is 5.69 Å². The number of imide groups is 1. The molecule has 14 heteroatoms. The number of urea groups is 1. The molecule has 7 nitrogen and oxygen atoms in total. The summed E-state index contributed by atoms with van der Waals surface area (Å²) in [6, 6.07) is 3.89. The van der Waals surface area contributed by atoms with Crippen molar-refractivity contribution in [2.45, 2.75) is 36.1 Å². The van der Waals surface area contributed by atoms with Crippen molar-refractivity contribution in [1.82, 2.24) is 4.98 Å². The largest absolute Gasteiger partial charge is 0.497 e. The van der Waals surface area contributed by atoms with Crippen molar-refractivity contribution in [1.29, 1.82) is 0 Å². The standard InChI is InChI=1S/C19H14F6N3O4S/c1-11-15(29)27(13-2-4-14(5-3-13)33-19(23,24)25)17(31)28(11,32-16(30)18(20,21)22)10-12-6-8-26-9-7-12/h2-9,11H,10H2,1H3/q+1/t11-,28?/m0/s1. The van der Waals surface area contributed by atoms with Crippen LogP contribution in [0.2, 0.25) is 0 Å². The number of carbonyl (C=O) groups is 3. The molecule has 0 bridgehead atoms. The van der Waals surface area contributed by atoms with Crippen molar-refractivity contribution in [2.24, 2.45) is 0 Å². The molecule has 0 radical (unpaired) electrons. The molecule has 3 amide bonds. The van der Waals surface area contributed by atoms with Gasteiger partial charge in [-0.1, -0.05) is 0 Å². The first-order valence-electron chi connectivity index (χ1n) is 9.06. The quantitative estimate of drug-likeness (QED) is 0.262. The van der Waals surface area contributed by atoms with Gasteiger partial charge in [-0.3, -0.25) is 14.6 Å². The summed E-state index contributed by atoms with van der Waals surface area (Å²) in [6.45, 7) is 0.494. The van der Waals surface area contributed by atoms with Crippen LogP contribution in [0.4, 0.5) is 36.8 Å². The van der Waals surface area contributed by atoms with E-state index < -0.39 is 58.6 Å². The zero-order valence-corrected chi connectivity index (χ0v) is 17.4. The number of hydrogen-bond acceptors (Lipinski definition) is 6. The van der Waals surface area contributed by atoms with Gasteiger partial charge in [0.1, 0.15) is 0 Å². The lowest BCUT2D eigenvalue weighted by Crippen LogP contribution is -2.57. The number of aromatic nitrogens is 1. The molecule has 1 aliphatic rings. The lowest BCUT2D eigenvalue weighted by Gasteiger charge is -2.29. The van der Waals surface area contributed by atoms with Crippen molar-refractivity contribution in [3.05, 3.63) is 54.4 Å². The normalized spacial score (nSPS) is 21.4. The van der Waals surface area contributed by atoms with Crippen molar-refractivity contribution in [3.63, 3.8) is 0 Å². The van der Waals surface area contributed by atoms with Crippen LogP contribution in [0.3, 0.4) is 0 Å². The Morgan fingerprint density at radius 3 is 2.15 bits per heavy atom. The van der Waals surface area contributed by atoms with Gasteiger partial charge in [-0.25, -0.2) is 9.59 Å². The first kappa shape index (κ1) is 24.5. The smallest absolute Gasteiger partial charge is 0.267 e. The summed E-state index contributed by atoms with van der Waals surface area (Å²) < 4.78 is 74.9. The van der Waals surface area contributed by atoms with E-state index in [4.69, 9.17) is 0 Å². The maximum absolute atomic E-state index is 13.3. The molecule has 1 aromatic carbocycles. The molecule has 1 saturated heterocycles. The third-order valence-electron chi connectivity index (χ3n) is 4.69. The summed E-state index contributed by atoms with van der Waals surface area (Å²) in [4.78, 5) is 46.4. The van der Waals surface area contributed by atoms with Crippen LogP contribution in [-0.4, -0.2) is 45.3 Å². The van der Waals surface area contributed by atoms with Crippen LogP contribution in [0.5, 0.6) is 0 Å². The van der Waals surface area contributed by atoms with E-state index in [1.54, 1.807) is 0 Å². The SMILES string of the molecule is C[C@H]1C(=O)N(c2ccc(SC(F)(F)F)cc2)C(=O)[N+]1(Cc1ccncc1)OC(=O)C(F)(F)F. The van der Waals surface area contributed by atoms with E-state index in [0.717, 1.165) is 31.2 Å². The molecule has 176 valence electrons. The van der Waals surface area contributed by atoms with Crippen LogP contribution >= 0.6 is 11.8 Å². The molecule has 0 N–H and O–H groups in total. The van der Waals surface area contributed by atoms with Crippen molar-refractivity contribution < 1.29 is 50.2 Å². The number of hydroxylamine groups is 3. The summed E-state index contributed by atoms with van der Waals surface area (Å²) in [5, 5.41) is 0. The van der Waals surface area contributed by atoms with Crippen LogP contribution in [-0.2, 0) is 21.0 Å². The number of halogens is 6. The number of rotatable bonds is 5. The number of hydrogen-bond donors (Lipinski definition) is 0. The minimum Gasteiger partial charge on any atom is -0.267 e. The molecule has 2 heterocycles. The maximum Gasteiger partial charge on any atom is 0.497 e. The van der Waals surface area contributed by atoms with Gasteiger partial charge < -0.3 is 0 Å². The fourth-order valence-electron chi connectivity index (χ4n) is 3.14. The number of quaternary nitrogens is 1. The molecule has 0 spiro atoms. The highest BCUT2D eigenvalue weighted by Crippen LogP contribution is 2.39. The molecule has 33 heavy (non-hydrogen) atoms. The molecule has 3 rings (SSSR count). The van der Waals surface area contributed by atoms with Crippen LogP contribution in [0.1, 0.15) is 12.5 Å². The number of nitrogens with zero attached hydrogens (tertiary/aromatic N) is 3. The molecule has 1 aliphatic heterocycles. The fourth-order valence-corrected chi connectivity index (χ4v) is 3.68. The van der Waals surface area contributed by atoms with Gasteiger partial charge in [0.2, 0.25) is 6.04 Å². The first-order valence-corrected chi connectivity index (χ1v) is 9.88. The average Bonchev–Trinajstić information content (AvgIpc) is 2.89. The first-order chi connectivity index (χ1) is 15.2. The van der Waals surface area contributed by atoms with Gasteiger partial charge in [-0.2, -0.15) is 31.2 Å². The van der Waals surface area contributed by atoms with Gasteiger partial charge in [0.25, 0.3) is 0 Å². The van der Waals surface area contributed by atoms with Gasteiger partial charge >= 0.3 is 29.6 Å². The number of amides is 3. The number of pyridine rings is 1. The number of carbonyl (C=O) groups excluding carboxylic acids is 3. The third kappa shape index (κ3) is 5.11. The topological polar surface area (TPSA) is 76.6 Å². The third-order valence-corrected chi connectivity index (χ3v) is 5.43. The summed E-state index contributed by atoms with van der Waals surface area (Å²) in [5.74, 6) is -3.68. The van der Waals surface area contributed by atoms with Gasteiger partial charge in [-0.05, 0) is 52.8 Å². The molecular formula is C19H14F6N3O4S+. The van der Waals surface area contributed by atoms with E-state index in [9.17, 15) is 40.7 Å². The lowest BCUT2D eigenvalue weighted by molar-refractivity contribution is -1.04. The van der Waals surface area contributed by atoms with E-state index >= 15 is 0 Å². The molecule has 2 atom stereocenters. The highest BCUT2D eigenvalue weighted by atomic mass is 32.2. The van der Waals surface area contributed by atoms with Gasteiger partial charge in [-0.15, -0.1) is 0 Å². The highest BCUT2D eigenvalue weighted by Gasteiger charge is 2.65. The Hall–Kier alpha value is -3.13. The predicted molar refractivity (Wildman–Crippen MR) is 101 cm³/mol. The van der Waals surface area contributed by atoms with Crippen molar-refractivity contribution in [3.8, 4) is 0 Å². The highest BCUT2D eigenvalue weighted by molar-refractivity contribution is 8.00. The van der Waals surface area contributed by atoms with Gasteiger partial charge in [0, 0.05) is 29.8 Å². The Morgan fingerprint density at radius 1 is 1.06 bits per heavy atom. The van der Waals surface area contributed by atoms with Crippen molar-refractivity contribution in [2.75, 3.05) is 4.90 Å². The summed E-state index contributed by atoms with van der Waals surface area (Å²) in [7, 11) is 0. The molecule has 0 aliphatic carbocycles. The number of alkyl halides is 6. The Morgan fingerprint density at radius 2 is 1.64 bits per heavy atom. The van der Waals surface area contributed by atoms with E-state index in [-0.39, 0.29) is 16.1 Å². The van der Waals surface area contributed by atoms with Crippen molar-refractivity contribution >= 4 is 35.4 Å². The Kier molecular flexibility index (Phi) is 6.44. The molecule has 0 saturated carbocycles. The number of benzene rings is 1. The number of thioether (sulfide) groups is 1. The minimum absolute atomic E-state index is 0.193. The zero-order chi connectivity index (χ0) is 24.6. The fraction of sp³-hybridized carbons (Fsp3) is 0.263. The van der Waals surface area contributed by atoms with E-state index in [2.05, 4.69) is 9.82 Å². The maximum atomic E-state index is 13.3. The second-order valence-electron chi connectivity index (χ2n) is 6.86. The summed E-state index contributed by atoms with van der Waals surface area (Å²) in [5.41, 5.74) is -4.52. The van der Waals surface area contributed by atoms with E-state index in [1.165, 1.54) is 24.5 Å². The Balaban J connectivity index is 2.01. The average molecular weight is 494 g/mol.